The molecule has 4 nitrogen and oxygen atoms in total. The first-order valence-electron chi connectivity index (χ1n) is 5.55. The molecule has 0 aromatic carbocycles. The standard InChI is InChI=1S/C12H15N3OS/c1-3-13-12-14-7-10(17-12)8-15-9(2)5-4-6-11(15)16/h4-7H,3,8H2,1-2H3,(H,13,14). The van der Waals surface area contributed by atoms with Crippen LogP contribution in [-0.2, 0) is 6.54 Å². The summed E-state index contributed by atoms with van der Waals surface area (Å²) in [6.07, 6.45) is 1.82. The molecule has 0 saturated heterocycles. The molecule has 2 aromatic heterocycles. The highest BCUT2D eigenvalue weighted by molar-refractivity contribution is 7.15. The van der Waals surface area contributed by atoms with Crippen molar-refractivity contribution >= 4 is 16.5 Å². The van der Waals surface area contributed by atoms with Gasteiger partial charge in [0, 0.05) is 29.4 Å². The van der Waals surface area contributed by atoms with Crippen molar-refractivity contribution in [2.45, 2.75) is 20.4 Å². The molecule has 90 valence electrons. The third kappa shape index (κ3) is 2.74. The van der Waals surface area contributed by atoms with Gasteiger partial charge in [0.25, 0.3) is 5.56 Å². The van der Waals surface area contributed by atoms with Crippen LogP contribution in [0.4, 0.5) is 5.13 Å². The van der Waals surface area contributed by atoms with Gasteiger partial charge in [-0.3, -0.25) is 4.79 Å². The van der Waals surface area contributed by atoms with Crippen molar-refractivity contribution in [2.24, 2.45) is 0 Å². The van der Waals surface area contributed by atoms with Crippen LogP contribution in [0.2, 0.25) is 0 Å². The van der Waals surface area contributed by atoms with Crippen LogP contribution in [0.25, 0.3) is 0 Å². The van der Waals surface area contributed by atoms with Crippen LogP contribution < -0.4 is 10.9 Å². The Morgan fingerprint density at radius 1 is 1.47 bits per heavy atom. The summed E-state index contributed by atoms with van der Waals surface area (Å²) in [6, 6.07) is 5.30. The lowest BCUT2D eigenvalue weighted by Crippen LogP contribution is -2.20. The Kier molecular flexibility index (Phi) is 3.58. The molecular weight excluding hydrogens is 234 g/mol. The summed E-state index contributed by atoms with van der Waals surface area (Å²) in [5.74, 6) is 0. The lowest BCUT2D eigenvalue weighted by atomic mass is 10.3. The zero-order valence-corrected chi connectivity index (χ0v) is 10.8. The number of hydrogen-bond acceptors (Lipinski definition) is 4. The molecule has 2 heterocycles. The number of aryl methyl sites for hydroxylation is 1. The summed E-state index contributed by atoms with van der Waals surface area (Å²) >= 11 is 1.59. The minimum absolute atomic E-state index is 0.0309. The topological polar surface area (TPSA) is 46.9 Å². The van der Waals surface area contributed by atoms with Crippen LogP contribution in [0, 0.1) is 6.92 Å². The van der Waals surface area contributed by atoms with Crippen molar-refractivity contribution in [3.05, 3.63) is 45.3 Å². The molecule has 2 rings (SSSR count). The van der Waals surface area contributed by atoms with Crippen LogP contribution in [0.3, 0.4) is 0 Å². The van der Waals surface area contributed by atoms with Crippen molar-refractivity contribution in [1.82, 2.24) is 9.55 Å². The van der Waals surface area contributed by atoms with E-state index in [-0.39, 0.29) is 5.56 Å². The fraction of sp³-hybridized carbons (Fsp3) is 0.333. The average Bonchev–Trinajstić information content (AvgIpc) is 2.72. The molecule has 5 heteroatoms. The van der Waals surface area contributed by atoms with E-state index in [4.69, 9.17) is 0 Å². The lowest BCUT2D eigenvalue weighted by Gasteiger charge is -2.06. The minimum atomic E-state index is 0.0309. The molecule has 0 aliphatic carbocycles. The fourth-order valence-corrected chi connectivity index (χ4v) is 2.46. The van der Waals surface area contributed by atoms with E-state index in [0.717, 1.165) is 22.2 Å². The zero-order chi connectivity index (χ0) is 12.3. The maximum atomic E-state index is 11.7. The first-order chi connectivity index (χ1) is 8.20. The van der Waals surface area contributed by atoms with E-state index in [1.54, 1.807) is 28.0 Å². The number of thiazole rings is 1. The van der Waals surface area contributed by atoms with Crippen LogP contribution in [-0.4, -0.2) is 16.1 Å². The Morgan fingerprint density at radius 3 is 3.00 bits per heavy atom. The fourth-order valence-electron chi connectivity index (χ4n) is 1.60. The highest BCUT2D eigenvalue weighted by Gasteiger charge is 2.04. The van der Waals surface area contributed by atoms with Crippen molar-refractivity contribution in [3.63, 3.8) is 0 Å². The van der Waals surface area contributed by atoms with Crippen LogP contribution >= 0.6 is 11.3 Å². The Labute approximate surface area is 104 Å². The molecule has 0 fully saturated rings. The molecule has 0 spiro atoms. The third-order valence-corrected chi connectivity index (χ3v) is 3.40. The van der Waals surface area contributed by atoms with Crippen molar-refractivity contribution < 1.29 is 0 Å². The molecule has 0 aliphatic rings. The van der Waals surface area contributed by atoms with Gasteiger partial charge in [0.15, 0.2) is 5.13 Å². The molecule has 0 bridgehead atoms. The molecule has 0 unspecified atom stereocenters. The highest BCUT2D eigenvalue weighted by Crippen LogP contribution is 2.18. The Balaban J connectivity index is 2.22. The number of aromatic nitrogens is 2. The first kappa shape index (κ1) is 11.9. The van der Waals surface area contributed by atoms with E-state index >= 15 is 0 Å². The number of rotatable bonds is 4. The van der Waals surface area contributed by atoms with Gasteiger partial charge in [-0.05, 0) is 19.9 Å². The van der Waals surface area contributed by atoms with Crippen molar-refractivity contribution in [3.8, 4) is 0 Å². The molecule has 0 radical (unpaired) electrons. The molecule has 17 heavy (non-hydrogen) atoms. The van der Waals surface area contributed by atoms with Gasteiger partial charge in [-0.25, -0.2) is 4.98 Å². The monoisotopic (exact) mass is 249 g/mol. The summed E-state index contributed by atoms with van der Waals surface area (Å²) in [7, 11) is 0. The Bertz CT molecular complexity index is 559. The second-order valence-corrected chi connectivity index (χ2v) is 4.87. The second-order valence-electron chi connectivity index (χ2n) is 3.75. The van der Waals surface area contributed by atoms with E-state index < -0.39 is 0 Å². The van der Waals surface area contributed by atoms with Gasteiger partial charge in [-0.1, -0.05) is 6.07 Å². The van der Waals surface area contributed by atoms with Crippen LogP contribution in [0.15, 0.2) is 29.2 Å². The smallest absolute Gasteiger partial charge is 0.251 e. The van der Waals surface area contributed by atoms with E-state index in [2.05, 4.69) is 10.3 Å². The SMILES string of the molecule is CCNc1ncc(Cn2c(C)cccc2=O)s1. The lowest BCUT2D eigenvalue weighted by molar-refractivity contribution is 0.738. The minimum Gasteiger partial charge on any atom is -0.362 e. The van der Waals surface area contributed by atoms with Gasteiger partial charge < -0.3 is 9.88 Å². The Hall–Kier alpha value is -1.62. The maximum absolute atomic E-state index is 11.7. The van der Waals surface area contributed by atoms with Gasteiger partial charge in [0.05, 0.1) is 6.54 Å². The Morgan fingerprint density at radius 2 is 2.29 bits per heavy atom. The summed E-state index contributed by atoms with van der Waals surface area (Å²) in [6.45, 7) is 5.42. The number of anilines is 1. The molecule has 0 saturated carbocycles. The van der Waals surface area contributed by atoms with E-state index in [1.807, 2.05) is 26.1 Å². The van der Waals surface area contributed by atoms with Gasteiger partial charge >= 0.3 is 0 Å². The van der Waals surface area contributed by atoms with E-state index in [1.165, 1.54) is 0 Å². The predicted octanol–water partition coefficient (Wildman–Crippen LogP) is 2.09. The van der Waals surface area contributed by atoms with Crippen molar-refractivity contribution in [2.75, 3.05) is 11.9 Å². The number of pyridine rings is 1. The molecule has 0 aliphatic heterocycles. The second kappa shape index (κ2) is 5.14. The average molecular weight is 249 g/mol. The largest absolute Gasteiger partial charge is 0.362 e. The third-order valence-electron chi connectivity index (χ3n) is 2.46. The van der Waals surface area contributed by atoms with Crippen LogP contribution in [0.5, 0.6) is 0 Å². The molecule has 0 atom stereocenters. The van der Waals surface area contributed by atoms with E-state index in [0.29, 0.717) is 6.54 Å². The summed E-state index contributed by atoms with van der Waals surface area (Å²) in [5.41, 5.74) is 0.999. The van der Waals surface area contributed by atoms with Gasteiger partial charge in [0.1, 0.15) is 0 Å². The normalized spacial score (nSPS) is 10.5. The summed E-state index contributed by atoms with van der Waals surface area (Å²) in [5, 5.41) is 4.07. The van der Waals surface area contributed by atoms with Crippen LogP contribution in [0.1, 0.15) is 17.5 Å². The summed E-state index contributed by atoms with van der Waals surface area (Å²) in [4.78, 5) is 17.0. The predicted molar refractivity (Wildman–Crippen MR) is 70.8 cm³/mol. The molecule has 2 aromatic rings. The van der Waals surface area contributed by atoms with Gasteiger partial charge in [0.2, 0.25) is 0 Å². The highest BCUT2D eigenvalue weighted by atomic mass is 32.1. The molecule has 1 N–H and O–H groups in total. The van der Waals surface area contributed by atoms with Crippen molar-refractivity contribution in [1.29, 1.82) is 0 Å². The molecule has 0 amide bonds. The zero-order valence-electron chi connectivity index (χ0n) is 9.93. The number of nitrogens with one attached hydrogen (secondary N) is 1. The molecular formula is C12H15N3OS. The number of nitrogens with zero attached hydrogens (tertiary/aromatic N) is 2. The van der Waals surface area contributed by atoms with Gasteiger partial charge in [-0.2, -0.15) is 0 Å². The maximum Gasteiger partial charge on any atom is 0.251 e. The number of hydrogen-bond donors (Lipinski definition) is 1. The first-order valence-corrected chi connectivity index (χ1v) is 6.37. The summed E-state index contributed by atoms with van der Waals surface area (Å²) < 4.78 is 1.75. The quantitative estimate of drug-likeness (QED) is 0.902. The van der Waals surface area contributed by atoms with E-state index in [9.17, 15) is 4.79 Å². The van der Waals surface area contributed by atoms with Gasteiger partial charge in [-0.15, -0.1) is 11.3 Å².